The van der Waals surface area contributed by atoms with Gasteiger partial charge in [0.1, 0.15) is 5.25 Å². The van der Waals surface area contributed by atoms with Crippen molar-refractivity contribution in [2.75, 3.05) is 0 Å². The molecule has 2 aliphatic rings. The predicted octanol–water partition coefficient (Wildman–Crippen LogP) is -0.733. The Hall–Kier alpha value is -0.710. The molecule has 2 fully saturated rings. The van der Waals surface area contributed by atoms with E-state index in [1.165, 1.54) is 11.8 Å². The van der Waals surface area contributed by atoms with Crippen molar-refractivity contribution in [3.63, 3.8) is 0 Å². The second-order valence-corrected chi connectivity index (χ2v) is 3.23. The molecule has 2 unspecified atom stereocenters. The number of fused-ring (bicyclic) bond motifs is 1. The zero-order valence-corrected chi connectivity index (χ0v) is 5.20. The van der Waals surface area contributed by atoms with Crippen LogP contribution in [0.5, 0.6) is 0 Å². The second-order valence-electron chi connectivity index (χ2n) is 1.94. The molecule has 2 aliphatic heterocycles. The Kier molecular flexibility index (Phi) is 0.801. The van der Waals surface area contributed by atoms with Gasteiger partial charge in [-0.05, 0) is 0 Å². The normalized spacial score (nSPS) is 38.7. The summed E-state index contributed by atoms with van der Waals surface area (Å²) in [5.41, 5.74) is 0. The molecule has 0 bridgehead atoms. The van der Waals surface area contributed by atoms with Crippen molar-refractivity contribution in [2.24, 2.45) is 0 Å². The highest BCUT2D eigenvalue weighted by molar-refractivity contribution is 8.08. The first-order valence-corrected chi connectivity index (χ1v) is 3.48. The third-order valence-electron chi connectivity index (χ3n) is 1.26. The molecule has 0 radical (unpaired) electrons. The van der Waals surface area contributed by atoms with E-state index in [9.17, 15) is 9.59 Å². The molecule has 2 rings (SSSR count). The zero-order chi connectivity index (χ0) is 6.43. The highest BCUT2D eigenvalue weighted by atomic mass is 32.2. The largest absolute Gasteiger partial charge is 0.324 e. The van der Waals surface area contributed by atoms with Crippen LogP contribution >= 0.6 is 11.8 Å². The van der Waals surface area contributed by atoms with E-state index in [4.69, 9.17) is 0 Å². The van der Waals surface area contributed by atoms with Crippen molar-refractivity contribution in [2.45, 2.75) is 10.6 Å². The number of amides is 3. The minimum absolute atomic E-state index is 0.0114. The molecule has 5 heteroatoms. The minimum atomic E-state index is -0.369. The first-order valence-electron chi connectivity index (χ1n) is 2.54. The average Bonchev–Trinajstić information content (AvgIpc) is 2.43. The molecule has 9 heavy (non-hydrogen) atoms. The van der Waals surface area contributed by atoms with Gasteiger partial charge in [0, 0.05) is 0 Å². The second kappa shape index (κ2) is 1.41. The summed E-state index contributed by atoms with van der Waals surface area (Å²) < 4.78 is 0. The van der Waals surface area contributed by atoms with E-state index in [-0.39, 0.29) is 22.6 Å². The lowest BCUT2D eigenvalue weighted by Crippen LogP contribution is -2.49. The van der Waals surface area contributed by atoms with Crippen LogP contribution in [0.3, 0.4) is 0 Å². The van der Waals surface area contributed by atoms with E-state index >= 15 is 0 Å². The lowest BCUT2D eigenvalue weighted by Gasteiger charge is -2.08. The molecule has 0 aromatic carbocycles. The standard InChI is InChI=1S/C4H4N2O2S/c7-2-1-3(9-1)6-4(8)5-2/h1,3H,(H2,5,6,7,8). The summed E-state index contributed by atoms with van der Waals surface area (Å²) in [7, 11) is 0. The smallest absolute Gasteiger partial charge is 0.322 e. The molecule has 3 amide bonds. The molecule has 2 atom stereocenters. The van der Waals surface area contributed by atoms with Crippen molar-refractivity contribution in [1.82, 2.24) is 10.6 Å². The van der Waals surface area contributed by atoms with E-state index in [0.29, 0.717) is 0 Å². The van der Waals surface area contributed by atoms with Crippen LogP contribution in [0, 0.1) is 0 Å². The maximum atomic E-state index is 10.7. The number of imide groups is 1. The molecule has 0 spiro atoms. The maximum Gasteiger partial charge on any atom is 0.322 e. The lowest BCUT2D eigenvalue weighted by atomic mass is 10.3. The van der Waals surface area contributed by atoms with Gasteiger partial charge in [-0.25, -0.2) is 4.79 Å². The molecule has 0 aromatic rings. The van der Waals surface area contributed by atoms with Gasteiger partial charge in [0.2, 0.25) is 5.91 Å². The van der Waals surface area contributed by atoms with Crippen LogP contribution in [-0.4, -0.2) is 22.6 Å². The van der Waals surface area contributed by atoms with Gasteiger partial charge in [-0.15, -0.1) is 11.8 Å². The van der Waals surface area contributed by atoms with Crippen LogP contribution in [-0.2, 0) is 4.79 Å². The zero-order valence-electron chi connectivity index (χ0n) is 4.38. The summed E-state index contributed by atoms with van der Waals surface area (Å²) in [6.45, 7) is 0. The molecule has 48 valence electrons. The number of hydrogen-bond donors (Lipinski definition) is 2. The van der Waals surface area contributed by atoms with Gasteiger partial charge in [-0.3, -0.25) is 10.1 Å². The molecule has 2 N–H and O–H groups in total. The fourth-order valence-electron chi connectivity index (χ4n) is 0.770. The van der Waals surface area contributed by atoms with E-state index in [1.54, 1.807) is 0 Å². The van der Waals surface area contributed by atoms with Crippen molar-refractivity contribution >= 4 is 23.7 Å². The number of thioether (sulfide) groups is 1. The minimum Gasteiger partial charge on any atom is -0.324 e. The fourth-order valence-corrected chi connectivity index (χ4v) is 1.54. The Labute approximate surface area is 55.4 Å². The molecule has 0 saturated carbocycles. The highest BCUT2D eigenvalue weighted by Gasteiger charge is 2.49. The van der Waals surface area contributed by atoms with Gasteiger partial charge in [0.15, 0.2) is 0 Å². The fraction of sp³-hybridized carbons (Fsp3) is 0.500. The monoisotopic (exact) mass is 144 g/mol. The summed E-state index contributed by atoms with van der Waals surface area (Å²) in [6.07, 6.45) is 0. The number of hydrogen-bond acceptors (Lipinski definition) is 3. The summed E-state index contributed by atoms with van der Waals surface area (Å²) in [5.74, 6) is -0.159. The quantitative estimate of drug-likeness (QED) is 0.440. The highest BCUT2D eigenvalue weighted by Crippen LogP contribution is 2.40. The van der Waals surface area contributed by atoms with Crippen molar-refractivity contribution in [3.05, 3.63) is 0 Å². The first-order chi connectivity index (χ1) is 4.27. The van der Waals surface area contributed by atoms with Gasteiger partial charge in [0.25, 0.3) is 0 Å². The Balaban J connectivity index is 2.15. The maximum absolute atomic E-state index is 10.7. The van der Waals surface area contributed by atoms with E-state index < -0.39 is 0 Å². The Morgan fingerprint density at radius 2 is 2.22 bits per heavy atom. The molecule has 2 saturated heterocycles. The summed E-state index contributed by atoms with van der Waals surface area (Å²) in [5, 5.41) is 4.79. The number of carbonyl (C=O) groups is 2. The number of nitrogens with one attached hydrogen (secondary N) is 2. The first kappa shape index (κ1) is 5.10. The van der Waals surface area contributed by atoms with Crippen molar-refractivity contribution in [3.8, 4) is 0 Å². The number of rotatable bonds is 0. The Bertz CT molecular complexity index is 193. The van der Waals surface area contributed by atoms with E-state index in [0.717, 1.165) is 0 Å². The van der Waals surface area contributed by atoms with E-state index in [1.807, 2.05) is 0 Å². The van der Waals surface area contributed by atoms with Crippen LogP contribution in [0.15, 0.2) is 0 Å². The van der Waals surface area contributed by atoms with Crippen LogP contribution < -0.4 is 10.6 Å². The molecule has 0 aliphatic carbocycles. The average molecular weight is 144 g/mol. The third kappa shape index (κ3) is 0.682. The number of urea groups is 1. The van der Waals surface area contributed by atoms with Crippen LogP contribution in [0.2, 0.25) is 0 Å². The summed E-state index contributed by atoms with van der Waals surface area (Å²) in [6, 6.07) is -0.369. The predicted molar refractivity (Wildman–Crippen MR) is 31.8 cm³/mol. The molecule has 2 heterocycles. The lowest BCUT2D eigenvalue weighted by molar-refractivity contribution is -0.119. The molecular formula is C4H4N2O2S. The van der Waals surface area contributed by atoms with Crippen molar-refractivity contribution < 1.29 is 9.59 Å². The summed E-state index contributed by atoms with van der Waals surface area (Å²) in [4.78, 5) is 21.1. The Morgan fingerprint density at radius 1 is 1.44 bits per heavy atom. The van der Waals surface area contributed by atoms with Crippen LogP contribution in [0.1, 0.15) is 0 Å². The summed E-state index contributed by atoms with van der Waals surface area (Å²) >= 11 is 1.47. The topological polar surface area (TPSA) is 58.2 Å². The third-order valence-corrected chi connectivity index (χ3v) is 2.41. The number of carbonyl (C=O) groups excluding carboxylic acids is 2. The van der Waals surface area contributed by atoms with Gasteiger partial charge in [-0.1, -0.05) is 0 Å². The van der Waals surface area contributed by atoms with Gasteiger partial charge >= 0.3 is 6.03 Å². The molecule has 4 nitrogen and oxygen atoms in total. The van der Waals surface area contributed by atoms with Crippen LogP contribution in [0.4, 0.5) is 4.79 Å². The van der Waals surface area contributed by atoms with Gasteiger partial charge < -0.3 is 5.32 Å². The van der Waals surface area contributed by atoms with Gasteiger partial charge in [0.05, 0.1) is 5.37 Å². The SMILES string of the molecule is O=C1NC(=O)C2SC2N1. The van der Waals surface area contributed by atoms with Crippen molar-refractivity contribution in [1.29, 1.82) is 0 Å². The molecule has 0 aromatic heterocycles. The van der Waals surface area contributed by atoms with E-state index in [2.05, 4.69) is 10.6 Å². The van der Waals surface area contributed by atoms with Gasteiger partial charge in [-0.2, -0.15) is 0 Å². The molecular weight excluding hydrogens is 140 g/mol. The Morgan fingerprint density at radius 3 is 2.89 bits per heavy atom. The van der Waals surface area contributed by atoms with Crippen LogP contribution in [0.25, 0.3) is 0 Å².